The number of primary amides is 1. The normalized spacial score (nSPS) is 12.0. The van der Waals surface area contributed by atoms with Gasteiger partial charge in [-0.05, 0) is 6.08 Å². The van der Waals surface area contributed by atoms with Gasteiger partial charge in [-0.2, -0.15) is 13.2 Å². The summed E-state index contributed by atoms with van der Waals surface area (Å²) in [5, 5.41) is 0. The first kappa shape index (κ1) is 21.0. The second-order valence-corrected chi connectivity index (χ2v) is 6.86. The summed E-state index contributed by atoms with van der Waals surface area (Å²) in [4.78, 5) is 39.0. The maximum absolute atomic E-state index is 13.0. The highest BCUT2D eigenvalue weighted by Crippen LogP contribution is 2.30. The summed E-state index contributed by atoms with van der Waals surface area (Å²) in [7, 11) is 1.14. The highest BCUT2D eigenvalue weighted by molar-refractivity contribution is 6.07. The van der Waals surface area contributed by atoms with Crippen molar-refractivity contribution in [3.05, 3.63) is 71.6 Å². The van der Waals surface area contributed by atoms with E-state index in [1.165, 1.54) is 30.5 Å². The number of nitrogens with zero attached hydrogens (tertiary/aromatic N) is 4. The van der Waals surface area contributed by atoms with E-state index in [-0.39, 0.29) is 11.4 Å². The van der Waals surface area contributed by atoms with Gasteiger partial charge in [-0.1, -0.05) is 24.3 Å². The number of aromatic nitrogens is 5. The number of alkyl halides is 3. The number of ketones is 1. The summed E-state index contributed by atoms with van der Waals surface area (Å²) < 4.78 is 39.6. The molecule has 8 nitrogen and oxygen atoms in total. The SMILES string of the molecule is Cn1c(C(F)(F)F)cnc1C(=O)c1ccc(-c2cnc3[nH]cc(C=CC(N)=O)c3n2)cc1. The molecule has 0 aliphatic carbocycles. The Hall–Kier alpha value is -4.28. The predicted octanol–water partition coefficient (Wildman–Crippen LogP) is 3.11. The van der Waals surface area contributed by atoms with Crippen molar-refractivity contribution >= 4 is 28.9 Å². The van der Waals surface area contributed by atoms with Gasteiger partial charge in [0.25, 0.3) is 0 Å². The Balaban J connectivity index is 1.63. The second kappa shape index (κ2) is 7.76. The standard InChI is InChI=1S/C21H15F3N6O2/c1-30-15(21(22,23)24)10-28-20(30)18(32)12-4-2-11(3-5-12)14-9-27-19-17(29-14)13(8-26-19)6-7-16(25)31/h2-10H,1H3,(H2,25,31)(H,26,27). The zero-order chi connectivity index (χ0) is 23.0. The molecule has 0 aliphatic rings. The quantitative estimate of drug-likeness (QED) is 0.365. The number of halogens is 3. The molecule has 4 aromatic rings. The molecule has 0 saturated heterocycles. The number of rotatable bonds is 5. The van der Waals surface area contributed by atoms with Crippen LogP contribution in [0.2, 0.25) is 0 Å². The van der Waals surface area contributed by atoms with Crippen LogP contribution in [0, 0.1) is 0 Å². The topological polar surface area (TPSA) is 120 Å². The lowest BCUT2D eigenvalue weighted by molar-refractivity contribution is -0.143. The van der Waals surface area contributed by atoms with E-state index in [1.54, 1.807) is 18.3 Å². The molecule has 0 unspecified atom stereocenters. The van der Waals surface area contributed by atoms with Crippen molar-refractivity contribution in [3.8, 4) is 11.3 Å². The summed E-state index contributed by atoms with van der Waals surface area (Å²) in [6.07, 6.45) is 1.92. The largest absolute Gasteiger partial charge is 0.433 e. The van der Waals surface area contributed by atoms with Gasteiger partial charge in [0.05, 0.1) is 18.1 Å². The van der Waals surface area contributed by atoms with E-state index in [4.69, 9.17) is 5.73 Å². The molecule has 3 heterocycles. The zero-order valence-electron chi connectivity index (χ0n) is 16.5. The molecule has 0 saturated carbocycles. The third-order valence-corrected chi connectivity index (χ3v) is 4.76. The number of amides is 1. The predicted molar refractivity (Wildman–Crippen MR) is 109 cm³/mol. The first-order valence-electron chi connectivity index (χ1n) is 9.21. The number of nitrogens with two attached hydrogens (primary N) is 1. The highest BCUT2D eigenvalue weighted by atomic mass is 19.4. The van der Waals surface area contributed by atoms with Gasteiger partial charge < -0.3 is 15.3 Å². The van der Waals surface area contributed by atoms with E-state index < -0.39 is 23.6 Å². The van der Waals surface area contributed by atoms with Crippen LogP contribution in [0.5, 0.6) is 0 Å². The number of benzene rings is 1. The molecule has 3 N–H and O–H groups in total. The molecule has 0 bridgehead atoms. The molecule has 4 rings (SSSR count). The van der Waals surface area contributed by atoms with Crippen molar-refractivity contribution in [1.29, 1.82) is 0 Å². The van der Waals surface area contributed by atoms with Gasteiger partial charge in [0.2, 0.25) is 11.7 Å². The minimum atomic E-state index is -4.61. The fourth-order valence-corrected chi connectivity index (χ4v) is 3.15. The monoisotopic (exact) mass is 440 g/mol. The van der Waals surface area contributed by atoms with Crippen molar-refractivity contribution in [1.82, 2.24) is 24.5 Å². The summed E-state index contributed by atoms with van der Waals surface area (Å²) in [5.74, 6) is -1.55. The van der Waals surface area contributed by atoms with E-state index >= 15 is 0 Å². The molecule has 11 heteroatoms. The van der Waals surface area contributed by atoms with Crippen LogP contribution in [0.1, 0.15) is 27.4 Å². The number of hydrogen-bond acceptors (Lipinski definition) is 5. The summed E-state index contributed by atoms with van der Waals surface area (Å²) >= 11 is 0. The molecule has 0 spiro atoms. The molecule has 1 amide bonds. The van der Waals surface area contributed by atoms with Gasteiger partial charge >= 0.3 is 6.18 Å². The van der Waals surface area contributed by atoms with Crippen molar-refractivity contribution in [2.45, 2.75) is 6.18 Å². The molecular formula is C21H15F3N6O2. The molecule has 32 heavy (non-hydrogen) atoms. The first-order chi connectivity index (χ1) is 15.1. The molecular weight excluding hydrogens is 425 g/mol. The number of carbonyl (C=O) groups is 2. The van der Waals surface area contributed by atoms with Crippen molar-refractivity contribution in [3.63, 3.8) is 0 Å². The van der Waals surface area contributed by atoms with Gasteiger partial charge in [-0.3, -0.25) is 9.59 Å². The van der Waals surface area contributed by atoms with Gasteiger partial charge in [-0.25, -0.2) is 15.0 Å². The number of H-pyrrole nitrogens is 1. The lowest BCUT2D eigenvalue weighted by Crippen LogP contribution is -2.15. The smallest absolute Gasteiger partial charge is 0.366 e. The maximum Gasteiger partial charge on any atom is 0.433 e. The van der Waals surface area contributed by atoms with E-state index in [1.807, 2.05) is 0 Å². The maximum atomic E-state index is 13.0. The minimum absolute atomic E-state index is 0.178. The van der Waals surface area contributed by atoms with Crippen molar-refractivity contribution in [2.24, 2.45) is 12.8 Å². The van der Waals surface area contributed by atoms with E-state index in [0.29, 0.717) is 34.2 Å². The Morgan fingerprint density at radius 3 is 2.47 bits per heavy atom. The molecule has 0 atom stereocenters. The fourth-order valence-electron chi connectivity index (χ4n) is 3.15. The average molecular weight is 440 g/mol. The third-order valence-electron chi connectivity index (χ3n) is 4.76. The van der Waals surface area contributed by atoms with E-state index in [0.717, 1.165) is 11.6 Å². The Morgan fingerprint density at radius 2 is 1.84 bits per heavy atom. The number of carbonyl (C=O) groups excluding carboxylic acids is 2. The number of hydrogen-bond donors (Lipinski definition) is 2. The van der Waals surface area contributed by atoms with Crippen LogP contribution in [-0.4, -0.2) is 36.2 Å². The minimum Gasteiger partial charge on any atom is -0.366 e. The van der Waals surface area contributed by atoms with Crippen LogP contribution in [0.15, 0.2) is 48.9 Å². The molecule has 162 valence electrons. The fraction of sp³-hybridized carbons (Fsp3) is 0.0952. The van der Waals surface area contributed by atoms with Crippen LogP contribution in [0.3, 0.4) is 0 Å². The number of fused-ring (bicyclic) bond motifs is 1. The zero-order valence-corrected chi connectivity index (χ0v) is 16.5. The van der Waals surface area contributed by atoms with Gasteiger partial charge in [0.1, 0.15) is 11.2 Å². The Morgan fingerprint density at radius 1 is 1.12 bits per heavy atom. The Bertz CT molecular complexity index is 1370. The summed E-state index contributed by atoms with van der Waals surface area (Å²) in [6, 6.07) is 6.19. The van der Waals surface area contributed by atoms with Crippen LogP contribution < -0.4 is 5.73 Å². The molecule has 0 fully saturated rings. The Kier molecular flexibility index (Phi) is 5.09. The lowest BCUT2D eigenvalue weighted by Gasteiger charge is -2.08. The second-order valence-electron chi connectivity index (χ2n) is 6.86. The van der Waals surface area contributed by atoms with Crippen LogP contribution >= 0.6 is 0 Å². The molecule has 0 aliphatic heterocycles. The van der Waals surface area contributed by atoms with Crippen LogP contribution in [0.25, 0.3) is 28.5 Å². The van der Waals surface area contributed by atoms with E-state index in [9.17, 15) is 22.8 Å². The number of aromatic amines is 1. The summed E-state index contributed by atoms with van der Waals surface area (Å²) in [5.41, 5.74) is 7.09. The third kappa shape index (κ3) is 3.87. The first-order valence-corrected chi connectivity index (χ1v) is 9.21. The molecule has 3 aromatic heterocycles. The average Bonchev–Trinajstić information content (AvgIpc) is 3.34. The lowest BCUT2D eigenvalue weighted by atomic mass is 10.1. The number of nitrogens with one attached hydrogen (secondary N) is 1. The van der Waals surface area contributed by atoms with Gasteiger partial charge in [-0.15, -0.1) is 0 Å². The highest BCUT2D eigenvalue weighted by Gasteiger charge is 2.36. The van der Waals surface area contributed by atoms with Crippen molar-refractivity contribution < 1.29 is 22.8 Å². The Labute approximate surface area is 178 Å². The van der Waals surface area contributed by atoms with Crippen molar-refractivity contribution in [2.75, 3.05) is 0 Å². The van der Waals surface area contributed by atoms with Crippen LogP contribution in [-0.2, 0) is 18.0 Å². The number of imidazole rings is 1. The van der Waals surface area contributed by atoms with Crippen LogP contribution in [0.4, 0.5) is 13.2 Å². The van der Waals surface area contributed by atoms with Gasteiger partial charge in [0.15, 0.2) is 11.5 Å². The molecule has 0 radical (unpaired) electrons. The molecule has 1 aromatic carbocycles. The summed E-state index contributed by atoms with van der Waals surface area (Å²) in [6.45, 7) is 0. The van der Waals surface area contributed by atoms with E-state index in [2.05, 4.69) is 19.9 Å². The van der Waals surface area contributed by atoms with Gasteiger partial charge in [0, 0.05) is 36.0 Å².